The number of benzene rings is 2. The normalized spacial score (nSPS) is 15.5. The molecule has 13 nitrogen and oxygen atoms in total. The minimum Gasteiger partial charge on any atom is -0.497 e. The molecule has 3 amide bonds. The van der Waals surface area contributed by atoms with Crippen LogP contribution >= 0.6 is 11.3 Å². The standard InChI is InChI=1S/C34H45N5O8S2/c1-22(2)15-26-18-27(47-5)11-12-30(26)49(45,46)35-19-29(40)28(16-24-9-7-6-8-10-24)36-33(41)32(23(3)4)38-14-13-37(34(38)42)20-25-17-31(39(43)44)48-21-25/h6-12,17-18,21-23,28-29,32,35,40H,13-16,19-20H2,1-5H3,(H,36,41)/t28-,29+,32-/m0/s1. The summed E-state index contributed by atoms with van der Waals surface area (Å²) in [6.07, 6.45) is -0.615. The van der Waals surface area contributed by atoms with E-state index in [0.29, 0.717) is 29.8 Å². The van der Waals surface area contributed by atoms with Crippen molar-refractivity contribution in [2.75, 3.05) is 26.7 Å². The minimum atomic E-state index is -4.05. The van der Waals surface area contributed by atoms with Crippen molar-refractivity contribution in [1.29, 1.82) is 0 Å². The molecule has 0 bridgehead atoms. The Morgan fingerprint density at radius 1 is 1.06 bits per heavy atom. The van der Waals surface area contributed by atoms with Gasteiger partial charge in [-0.1, -0.05) is 69.4 Å². The first-order valence-electron chi connectivity index (χ1n) is 16.2. The van der Waals surface area contributed by atoms with E-state index in [1.54, 1.807) is 22.4 Å². The van der Waals surface area contributed by atoms with Crippen molar-refractivity contribution < 1.29 is 32.8 Å². The second kappa shape index (κ2) is 16.6. The summed E-state index contributed by atoms with van der Waals surface area (Å²) >= 11 is 0.991. The molecular formula is C34H45N5O8S2. The highest BCUT2D eigenvalue weighted by Gasteiger charge is 2.40. The second-order valence-corrected chi connectivity index (χ2v) is 15.6. The molecule has 0 radical (unpaired) electrons. The Morgan fingerprint density at radius 3 is 2.39 bits per heavy atom. The van der Waals surface area contributed by atoms with Crippen molar-refractivity contribution in [3.63, 3.8) is 0 Å². The molecule has 0 unspecified atom stereocenters. The highest BCUT2D eigenvalue weighted by atomic mass is 32.2. The number of hydrogen-bond donors (Lipinski definition) is 3. The second-order valence-electron chi connectivity index (χ2n) is 12.9. The van der Waals surface area contributed by atoms with Gasteiger partial charge in [0.05, 0.1) is 29.1 Å². The molecule has 2 heterocycles. The van der Waals surface area contributed by atoms with Crippen LogP contribution in [-0.2, 0) is 34.2 Å². The Kier molecular flexibility index (Phi) is 12.8. The van der Waals surface area contributed by atoms with Crippen LogP contribution in [0.2, 0.25) is 0 Å². The molecule has 3 aromatic rings. The van der Waals surface area contributed by atoms with Gasteiger partial charge < -0.3 is 25.0 Å². The van der Waals surface area contributed by atoms with Gasteiger partial charge in [0.25, 0.3) is 0 Å². The Hall–Kier alpha value is -4.05. The van der Waals surface area contributed by atoms with E-state index in [1.807, 2.05) is 58.0 Å². The minimum absolute atomic E-state index is 0.0109. The molecule has 0 spiro atoms. The number of urea groups is 1. The van der Waals surface area contributed by atoms with Crippen molar-refractivity contribution in [3.05, 3.63) is 86.8 Å². The first-order chi connectivity index (χ1) is 23.2. The average Bonchev–Trinajstić information content (AvgIpc) is 3.66. The lowest BCUT2D eigenvalue weighted by atomic mass is 9.98. The molecule has 1 aliphatic heterocycles. The number of methoxy groups -OCH3 is 1. The van der Waals surface area contributed by atoms with Crippen LogP contribution in [0.4, 0.5) is 9.80 Å². The number of nitro groups is 1. The average molecular weight is 716 g/mol. The van der Waals surface area contributed by atoms with Crippen molar-refractivity contribution in [2.45, 2.75) is 70.2 Å². The third-order valence-corrected chi connectivity index (χ3v) is 10.8. The van der Waals surface area contributed by atoms with E-state index >= 15 is 0 Å². The van der Waals surface area contributed by atoms with Gasteiger partial charge in [-0.15, -0.1) is 0 Å². The SMILES string of the molecule is COc1ccc(S(=O)(=O)NC[C@@H](O)[C@H](Cc2ccccc2)NC(=O)[C@H](C(C)C)N2CCN(Cc3csc([N+](=O)[O-])c3)C2=O)c(CC(C)C)c1. The van der Waals surface area contributed by atoms with Gasteiger partial charge >= 0.3 is 11.0 Å². The van der Waals surface area contributed by atoms with E-state index in [9.17, 15) is 33.2 Å². The maximum atomic E-state index is 13.9. The number of amides is 3. The van der Waals surface area contributed by atoms with Crippen LogP contribution in [0.15, 0.2) is 64.9 Å². The lowest BCUT2D eigenvalue weighted by Crippen LogP contribution is -2.57. The topological polar surface area (TPSA) is 171 Å². The molecule has 1 fully saturated rings. The van der Waals surface area contributed by atoms with Crippen LogP contribution in [0.3, 0.4) is 0 Å². The van der Waals surface area contributed by atoms with Crippen molar-refractivity contribution in [2.24, 2.45) is 11.8 Å². The van der Waals surface area contributed by atoms with E-state index in [2.05, 4.69) is 10.0 Å². The largest absolute Gasteiger partial charge is 0.497 e. The Morgan fingerprint density at radius 2 is 1.78 bits per heavy atom. The van der Waals surface area contributed by atoms with E-state index in [4.69, 9.17) is 4.74 Å². The number of carbonyl (C=O) groups is 2. The number of thiophene rings is 1. The van der Waals surface area contributed by atoms with Gasteiger partial charge in [0.15, 0.2) is 0 Å². The van der Waals surface area contributed by atoms with Crippen LogP contribution in [0, 0.1) is 22.0 Å². The number of aliphatic hydroxyl groups excluding tert-OH is 1. The molecule has 1 aliphatic rings. The molecular weight excluding hydrogens is 671 g/mol. The quantitative estimate of drug-likeness (QED) is 0.138. The van der Waals surface area contributed by atoms with Gasteiger partial charge in [-0.3, -0.25) is 14.9 Å². The number of rotatable bonds is 17. The molecule has 0 saturated carbocycles. The first-order valence-corrected chi connectivity index (χ1v) is 18.5. The zero-order chi connectivity index (χ0) is 35.9. The number of sulfonamides is 1. The summed E-state index contributed by atoms with van der Waals surface area (Å²) in [6, 6.07) is 13.3. The maximum Gasteiger partial charge on any atom is 0.324 e. The summed E-state index contributed by atoms with van der Waals surface area (Å²) in [7, 11) is -2.54. The number of carbonyl (C=O) groups excluding carboxylic acids is 2. The molecule has 2 aromatic carbocycles. The van der Waals surface area contributed by atoms with Crippen molar-refractivity contribution >= 4 is 38.3 Å². The van der Waals surface area contributed by atoms with Crippen LogP contribution in [0.5, 0.6) is 5.75 Å². The fraction of sp³-hybridized carbons (Fsp3) is 0.471. The van der Waals surface area contributed by atoms with Crippen LogP contribution in [0.25, 0.3) is 0 Å². The summed E-state index contributed by atoms with van der Waals surface area (Å²) in [5.41, 5.74) is 2.04. The first kappa shape index (κ1) is 37.8. The number of hydrogen-bond acceptors (Lipinski definition) is 9. The fourth-order valence-electron chi connectivity index (χ4n) is 5.95. The summed E-state index contributed by atoms with van der Waals surface area (Å²) in [5.74, 6) is -0.0603. The van der Waals surface area contributed by atoms with Gasteiger partial charge in [-0.2, -0.15) is 0 Å². The summed E-state index contributed by atoms with van der Waals surface area (Å²) < 4.78 is 34.9. The molecule has 1 saturated heterocycles. The number of nitrogens with zero attached hydrogens (tertiary/aromatic N) is 3. The predicted octanol–water partition coefficient (Wildman–Crippen LogP) is 4.19. The van der Waals surface area contributed by atoms with Crippen LogP contribution in [-0.4, -0.2) is 85.1 Å². The van der Waals surface area contributed by atoms with E-state index in [0.717, 1.165) is 16.9 Å². The van der Waals surface area contributed by atoms with Crippen LogP contribution < -0.4 is 14.8 Å². The van der Waals surface area contributed by atoms with Gasteiger partial charge in [0, 0.05) is 37.6 Å². The zero-order valence-corrected chi connectivity index (χ0v) is 30.0. The third kappa shape index (κ3) is 9.78. The summed E-state index contributed by atoms with van der Waals surface area (Å²) in [5, 5.41) is 27.1. The van der Waals surface area contributed by atoms with Gasteiger partial charge in [0.1, 0.15) is 11.8 Å². The van der Waals surface area contributed by atoms with Crippen LogP contribution in [0.1, 0.15) is 44.4 Å². The molecule has 4 rings (SSSR count). The summed E-state index contributed by atoms with van der Waals surface area (Å²) in [4.78, 5) is 41.2. The Balaban J connectivity index is 1.51. The molecule has 0 aliphatic carbocycles. The van der Waals surface area contributed by atoms with Gasteiger partial charge in [-0.05, 0) is 59.6 Å². The lowest BCUT2D eigenvalue weighted by molar-refractivity contribution is -0.380. The predicted molar refractivity (Wildman–Crippen MR) is 187 cm³/mol. The lowest BCUT2D eigenvalue weighted by Gasteiger charge is -2.33. The smallest absolute Gasteiger partial charge is 0.324 e. The van der Waals surface area contributed by atoms with Gasteiger partial charge in [-0.25, -0.2) is 17.9 Å². The molecule has 15 heteroatoms. The third-order valence-electron chi connectivity index (χ3n) is 8.31. The number of aliphatic hydroxyl groups is 1. The highest BCUT2D eigenvalue weighted by Crippen LogP contribution is 2.27. The fourth-order valence-corrected chi connectivity index (χ4v) is 7.95. The Bertz CT molecular complexity index is 1710. The summed E-state index contributed by atoms with van der Waals surface area (Å²) in [6.45, 7) is 8.02. The maximum absolute atomic E-state index is 13.9. The molecule has 3 atom stereocenters. The highest BCUT2D eigenvalue weighted by molar-refractivity contribution is 7.89. The monoisotopic (exact) mass is 715 g/mol. The molecule has 3 N–H and O–H groups in total. The Labute approximate surface area is 291 Å². The van der Waals surface area contributed by atoms with Crippen molar-refractivity contribution in [1.82, 2.24) is 19.8 Å². The molecule has 49 heavy (non-hydrogen) atoms. The van der Waals surface area contributed by atoms with Crippen molar-refractivity contribution in [3.8, 4) is 5.75 Å². The van der Waals surface area contributed by atoms with E-state index in [-0.39, 0.29) is 53.8 Å². The number of nitrogens with one attached hydrogen (secondary N) is 2. The van der Waals surface area contributed by atoms with E-state index < -0.39 is 39.0 Å². The zero-order valence-electron chi connectivity index (χ0n) is 28.4. The number of ether oxygens (including phenoxy) is 1. The molecule has 1 aromatic heterocycles. The molecule has 266 valence electrons. The van der Waals surface area contributed by atoms with E-state index in [1.165, 1.54) is 24.1 Å². The van der Waals surface area contributed by atoms with Gasteiger partial charge in [0.2, 0.25) is 15.9 Å².